The molecule has 0 atom stereocenters. The Morgan fingerprint density at radius 3 is 3.00 bits per heavy atom. The molecule has 1 rings (SSSR count). The van der Waals surface area contributed by atoms with Gasteiger partial charge in [0.25, 0.3) is 0 Å². The van der Waals surface area contributed by atoms with Crippen LogP contribution in [0.5, 0.6) is 0 Å². The van der Waals surface area contributed by atoms with Gasteiger partial charge in [-0.05, 0) is 37.8 Å². The molecule has 0 aliphatic rings. The highest BCUT2D eigenvalue weighted by molar-refractivity contribution is 5.65. The monoisotopic (exact) mass is 160 g/mol. The molecule has 2 nitrogen and oxygen atoms in total. The van der Waals surface area contributed by atoms with E-state index >= 15 is 0 Å². The van der Waals surface area contributed by atoms with E-state index in [0.29, 0.717) is 0 Å². The van der Waals surface area contributed by atoms with Crippen LogP contribution in [0.25, 0.3) is 5.57 Å². The Morgan fingerprint density at radius 2 is 2.42 bits per heavy atom. The quantitative estimate of drug-likeness (QED) is 0.610. The van der Waals surface area contributed by atoms with Crippen molar-refractivity contribution >= 4 is 12.3 Å². The second-order valence-electron chi connectivity index (χ2n) is 2.69. The molecule has 0 spiro atoms. The fraction of sp³-hybridized carbons (Fsp3) is 0.200. The van der Waals surface area contributed by atoms with Crippen LogP contribution in [-0.2, 0) is 0 Å². The minimum Gasteiger partial charge on any atom is -0.272 e. The van der Waals surface area contributed by atoms with Gasteiger partial charge in [-0.1, -0.05) is 0 Å². The predicted octanol–water partition coefficient (Wildman–Crippen LogP) is 2.45. The molecule has 0 aliphatic carbocycles. The second kappa shape index (κ2) is 3.81. The molecule has 0 bridgehead atoms. The molecule has 0 radical (unpaired) electrons. The summed E-state index contributed by atoms with van der Waals surface area (Å²) in [5, 5.41) is 0. The summed E-state index contributed by atoms with van der Waals surface area (Å²) in [6, 6.07) is 1.98. The summed E-state index contributed by atoms with van der Waals surface area (Å²) in [5.74, 6) is 0. The zero-order valence-corrected chi connectivity index (χ0v) is 7.41. The number of rotatable bonds is 2. The van der Waals surface area contributed by atoms with Crippen LogP contribution >= 0.6 is 0 Å². The van der Waals surface area contributed by atoms with Crippen molar-refractivity contribution in [3.05, 3.63) is 35.8 Å². The van der Waals surface area contributed by atoms with Crippen molar-refractivity contribution in [1.82, 2.24) is 4.98 Å². The van der Waals surface area contributed by atoms with Gasteiger partial charge in [0.15, 0.2) is 0 Å². The van der Waals surface area contributed by atoms with Crippen molar-refractivity contribution in [2.75, 3.05) is 0 Å². The van der Waals surface area contributed by atoms with Crippen molar-refractivity contribution in [2.24, 2.45) is 4.99 Å². The van der Waals surface area contributed by atoms with Gasteiger partial charge < -0.3 is 0 Å². The van der Waals surface area contributed by atoms with Crippen LogP contribution < -0.4 is 0 Å². The van der Waals surface area contributed by atoms with E-state index in [2.05, 4.69) is 23.6 Å². The Morgan fingerprint density at radius 1 is 1.67 bits per heavy atom. The van der Waals surface area contributed by atoms with Crippen LogP contribution in [0.1, 0.15) is 18.1 Å². The third-order valence-electron chi connectivity index (χ3n) is 1.75. The molecule has 0 saturated carbocycles. The smallest absolute Gasteiger partial charge is 0.0346 e. The van der Waals surface area contributed by atoms with E-state index in [4.69, 9.17) is 0 Å². The molecule has 0 N–H and O–H groups in total. The summed E-state index contributed by atoms with van der Waals surface area (Å²) >= 11 is 0. The van der Waals surface area contributed by atoms with Crippen LogP contribution in [0, 0.1) is 6.92 Å². The SMILES string of the molecule is C=N/C=C(\C)c1cnccc1C. The molecule has 62 valence electrons. The lowest BCUT2D eigenvalue weighted by Gasteiger charge is -2.02. The molecule has 2 heteroatoms. The average molecular weight is 160 g/mol. The lowest BCUT2D eigenvalue weighted by atomic mass is 10.1. The van der Waals surface area contributed by atoms with Crippen molar-refractivity contribution in [3.8, 4) is 0 Å². The van der Waals surface area contributed by atoms with Crippen molar-refractivity contribution in [3.63, 3.8) is 0 Å². The highest BCUT2D eigenvalue weighted by atomic mass is 14.6. The minimum absolute atomic E-state index is 1.09. The fourth-order valence-electron chi connectivity index (χ4n) is 1.08. The molecule has 1 aromatic rings. The first-order valence-corrected chi connectivity index (χ1v) is 3.79. The first kappa shape index (κ1) is 8.65. The zero-order chi connectivity index (χ0) is 8.97. The van der Waals surface area contributed by atoms with Gasteiger partial charge in [-0.2, -0.15) is 0 Å². The molecule has 0 fully saturated rings. The van der Waals surface area contributed by atoms with E-state index in [9.17, 15) is 0 Å². The normalized spacial score (nSPS) is 11.3. The molecule has 0 aliphatic heterocycles. The topological polar surface area (TPSA) is 25.2 Å². The minimum atomic E-state index is 1.09. The average Bonchev–Trinajstić information content (AvgIpc) is 2.05. The van der Waals surface area contributed by atoms with Gasteiger partial charge in [-0.15, -0.1) is 0 Å². The maximum absolute atomic E-state index is 4.05. The number of hydrogen-bond donors (Lipinski definition) is 0. The standard InChI is InChI=1S/C10H12N2/c1-8-4-5-12-7-10(8)9(2)6-11-3/h4-7H,3H2,1-2H3/b9-6+. The summed E-state index contributed by atoms with van der Waals surface area (Å²) < 4.78 is 0. The number of hydrogen-bond acceptors (Lipinski definition) is 2. The van der Waals surface area contributed by atoms with Gasteiger partial charge in [-0.25, -0.2) is 0 Å². The summed E-state index contributed by atoms with van der Waals surface area (Å²) in [6.07, 6.45) is 5.36. The number of aliphatic imine (C=N–C) groups is 1. The molecule has 0 unspecified atom stereocenters. The third-order valence-corrected chi connectivity index (χ3v) is 1.75. The molecule has 1 heterocycles. The van der Waals surface area contributed by atoms with E-state index in [-0.39, 0.29) is 0 Å². The Hall–Kier alpha value is -1.44. The maximum atomic E-state index is 4.05. The Labute approximate surface area is 72.7 Å². The number of aromatic nitrogens is 1. The van der Waals surface area contributed by atoms with E-state index in [0.717, 1.165) is 11.1 Å². The summed E-state index contributed by atoms with van der Waals surface area (Å²) in [4.78, 5) is 7.76. The first-order chi connectivity index (χ1) is 5.75. The van der Waals surface area contributed by atoms with E-state index in [1.807, 2.05) is 19.2 Å². The van der Waals surface area contributed by atoms with Crippen molar-refractivity contribution < 1.29 is 0 Å². The van der Waals surface area contributed by atoms with E-state index in [1.165, 1.54) is 5.56 Å². The summed E-state index contributed by atoms with van der Waals surface area (Å²) in [6.45, 7) is 7.46. The highest BCUT2D eigenvalue weighted by Crippen LogP contribution is 2.16. The zero-order valence-electron chi connectivity index (χ0n) is 7.41. The molecular formula is C10H12N2. The van der Waals surface area contributed by atoms with E-state index in [1.54, 1.807) is 12.4 Å². The predicted molar refractivity (Wildman–Crippen MR) is 52.2 cm³/mol. The molecular weight excluding hydrogens is 148 g/mol. The van der Waals surface area contributed by atoms with Crippen LogP contribution in [0.2, 0.25) is 0 Å². The summed E-state index contributed by atoms with van der Waals surface area (Å²) in [5.41, 5.74) is 3.43. The lowest BCUT2D eigenvalue weighted by Crippen LogP contribution is -1.86. The highest BCUT2D eigenvalue weighted by Gasteiger charge is 1.97. The van der Waals surface area contributed by atoms with Crippen LogP contribution in [-0.4, -0.2) is 11.7 Å². The molecule has 0 amide bonds. The largest absolute Gasteiger partial charge is 0.272 e. The molecule has 12 heavy (non-hydrogen) atoms. The number of nitrogens with zero attached hydrogens (tertiary/aromatic N) is 2. The molecule has 0 saturated heterocycles. The van der Waals surface area contributed by atoms with Crippen molar-refractivity contribution in [1.29, 1.82) is 0 Å². The van der Waals surface area contributed by atoms with E-state index < -0.39 is 0 Å². The summed E-state index contributed by atoms with van der Waals surface area (Å²) in [7, 11) is 0. The van der Waals surface area contributed by atoms with Gasteiger partial charge in [0.1, 0.15) is 0 Å². The maximum Gasteiger partial charge on any atom is 0.0346 e. The van der Waals surface area contributed by atoms with Crippen LogP contribution in [0.4, 0.5) is 0 Å². The van der Waals surface area contributed by atoms with Crippen molar-refractivity contribution in [2.45, 2.75) is 13.8 Å². The third kappa shape index (κ3) is 1.78. The number of allylic oxidation sites excluding steroid dienone is 1. The number of pyridine rings is 1. The molecule has 0 aromatic carbocycles. The number of aryl methyl sites for hydroxylation is 1. The first-order valence-electron chi connectivity index (χ1n) is 3.79. The van der Waals surface area contributed by atoms with Gasteiger partial charge in [0.2, 0.25) is 0 Å². The van der Waals surface area contributed by atoms with Gasteiger partial charge in [-0.3, -0.25) is 9.98 Å². The lowest BCUT2D eigenvalue weighted by molar-refractivity contribution is 1.25. The fourth-order valence-corrected chi connectivity index (χ4v) is 1.08. The van der Waals surface area contributed by atoms with Crippen LogP contribution in [0.3, 0.4) is 0 Å². The van der Waals surface area contributed by atoms with Gasteiger partial charge in [0, 0.05) is 24.2 Å². The Kier molecular flexibility index (Phi) is 2.75. The van der Waals surface area contributed by atoms with Crippen LogP contribution in [0.15, 0.2) is 29.7 Å². The second-order valence-corrected chi connectivity index (χ2v) is 2.69. The Bertz CT molecular complexity index is 313. The van der Waals surface area contributed by atoms with Gasteiger partial charge in [0.05, 0.1) is 0 Å². The molecule has 1 aromatic heterocycles. The Balaban J connectivity index is 3.10. The van der Waals surface area contributed by atoms with Gasteiger partial charge >= 0.3 is 0 Å².